The SMILES string of the molecule is O=C(Nc1ccc(Cl)cc1Cl)C1CCN(Cc2nc(-c3ccccc3Cl)no2)CC1. The van der Waals surface area contributed by atoms with Crippen LogP contribution in [0.2, 0.25) is 15.1 Å². The van der Waals surface area contributed by atoms with E-state index in [1.165, 1.54) is 0 Å². The van der Waals surface area contributed by atoms with Gasteiger partial charge in [-0.15, -0.1) is 0 Å². The van der Waals surface area contributed by atoms with Gasteiger partial charge >= 0.3 is 0 Å². The number of benzene rings is 2. The van der Waals surface area contributed by atoms with E-state index < -0.39 is 0 Å². The molecule has 0 saturated carbocycles. The van der Waals surface area contributed by atoms with Gasteiger partial charge in [-0.2, -0.15) is 4.98 Å². The highest BCUT2D eigenvalue weighted by Gasteiger charge is 2.26. The molecule has 4 rings (SSSR count). The molecule has 3 aromatic rings. The molecule has 0 bridgehead atoms. The summed E-state index contributed by atoms with van der Waals surface area (Å²) in [6.45, 7) is 2.06. The third kappa shape index (κ3) is 4.95. The van der Waals surface area contributed by atoms with Crippen molar-refractivity contribution in [2.24, 2.45) is 5.92 Å². The number of likely N-dealkylation sites (tertiary alicyclic amines) is 1. The monoisotopic (exact) mass is 464 g/mol. The molecule has 0 atom stereocenters. The topological polar surface area (TPSA) is 71.3 Å². The Balaban J connectivity index is 1.31. The molecule has 0 unspecified atom stereocenters. The summed E-state index contributed by atoms with van der Waals surface area (Å²) in [5.74, 6) is 0.900. The van der Waals surface area contributed by atoms with E-state index in [1.54, 1.807) is 24.3 Å². The number of carbonyl (C=O) groups excluding carboxylic acids is 1. The Bertz CT molecular complexity index is 1050. The minimum absolute atomic E-state index is 0.0299. The van der Waals surface area contributed by atoms with Gasteiger partial charge in [0.05, 0.1) is 22.3 Å². The van der Waals surface area contributed by atoms with E-state index in [2.05, 4.69) is 20.4 Å². The molecule has 1 aliphatic heterocycles. The van der Waals surface area contributed by atoms with E-state index >= 15 is 0 Å². The summed E-state index contributed by atoms with van der Waals surface area (Å²) in [5, 5.41) is 8.47. The van der Waals surface area contributed by atoms with Crippen LogP contribution in [-0.4, -0.2) is 34.0 Å². The van der Waals surface area contributed by atoms with Gasteiger partial charge in [0.2, 0.25) is 17.6 Å². The van der Waals surface area contributed by atoms with E-state index in [-0.39, 0.29) is 11.8 Å². The molecule has 9 heteroatoms. The first-order valence-electron chi connectivity index (χ1n) is 9.55. The van der Waals surface area contributed by atoms with Gasteiger partial charge in [0.25, 0.3) is 0 Å². The number of anilines is 1. The molecule has 1 fully saturated rings. The molecule has 2 aromatic carbocycles. The minimum Gasteiger partial charge on any atom is -0.338 e. The van der Waals surface area contributed by atoms with Crippen LogP contribution in [-0.2, 0) is 11.3 Å². The molecule has 0 spiro atoms. The number of amides is 1. The maximum atomic E-state index is 12.6. The number of rotatable bonds is 5. The zero-order chi connectivity index (χ0) is 21.1. The van der Waals surface area contributed by atoms with Crippen molar-refractivity contribution < 1.29 is 9.32 Å². The van der Waals surface area contributed by atoms with Crippen molar-refractivity contribution in [1.82, 2.24) is 15.0 Å². The Morgan fingerprint density at radius 3 is 2.60 bits per heavy atom. The number of nitrogens with one attached hydrogen (secondary N) is 1. The maximum absolute atomic E-state index is 12.6. The molecule has 1 aliphatic rings. The Labute approximate surface area is 189 Å². The molecule has 2 heterocycles. The van der Waals surface area contributed by atoms with E-state index in [4.69, 9.17) is 39.3 Å². The molecule has 1 amide bonds. The van der Waals surface area contributed by atoms with Gasteiger partial charge in [-0.1, -0.05) is 52.1 Å². The summed E-state index contributed by atoms with van der Waals surface area (Å²) >= 11 is 18.2. The normalized spacial score (nSPS) is 15.3. The number of nitrogens with zero attached hydrogens (tertiary/aromatic N) is 3. The molecular formula is C21H19Cl3N4O2. The lowest BCUT2D eigenvalue weighted by molar-refractivity contribution is -0.121. The van der Waals surface area contributed by atoms with Crippen LogP contribution >= 0.6 is 34.8 Å². The molecule has 1 aromatic heterocycles. The van der Waals surface area contributed by atoms with E-state index in [0.29, 0.717) is 39.0 Å². The quantitative estimate of drug-likeness (QED) is 0.535. The van der Waals surface area contributed by atoms with Gasteiger partial charge in [-0.25, -0.2) is 0 Å². The van der Waals surface area contributed by atoms with E-state index in [9.17, 15) is 4.79 Å². The molecular weight excluding hydrogens is 447 g/mol. The van der Waals surface area contributed by atoms with Crippen LogP contribution < -0.4 is 5.32 Å². The highest BCUT2D eigenvalue weighted by molar-refractivity contribution is 6.36. The molecule has 156 valence electrons. The van der Waals surface area contributed by atoms with Gasteiger partial charge in [-0.05, 0) is 56.3 Å². The fourth-order valence-corrected chi connectivity index (χ4v) is 4.12. The molecule has 30 heavy (non-hydrogen) atoms. The van der Waals surface area contributed by atoms with Gasteiger partial charge in [-0.3, -0.25) is 9.69 Å². The summed E-state index contributed by atoms with van der Waals surface area (Å²) in [7, 11) is 0. The van der Waals surface area contributed by atoms with Crippen LogP contribution in [0.1, 0.15) is 18.7 Å². The second-order valence-electron chi connectivity index (χ2n) is 7.16. The van der Waals surface area contributed by atoms with Gasteiger partial charge in [0.15, 0.2) is 0 Å². The Kier molecular flexibility index (Phi) is 6.58. The number of aromatic nitrogens is 2. The average molecular weight is 466 g/mol. The standard InChI is InChI=1S/C21H19Cl3N4O2/c22-14-5-6-18(17(24)11-14)25-21(29)13-7-9-28(10-8-13)12-19-26-20(27-30-19)15-3-1-2-4-16(15)23/h1-6,11,13H,7-10,12H2,(H,25,29). The molecule has 1 saturated heterocycles. The third-order valence-corrected chi connectivity index (χ3v) is 5.97. The largest absolute Gasteiger partial charge is 0.338 e. The van der Waals surface area contributed by atoms with Crippen molar-refractivity contribution in [1.29, 1.82) is 0 Å². The van der Waals surface area contributed by atoms with Crippen molar-refractivity contribution in [3.8, 4) is 11.4 Å². The van der Waals surface area contributed by atoms with Crippen molar-refractivity contribution in [2.45, 2.75) is 19.4 Å². The number of hydrogen-bond donors (Lipinski definition) is 1. The van der Waals surface area contributed by atoms with Crippen molar-refractivity contribution in [2.75, 3.05) is 18.4 Å². The first-order valence-corrected chi connectivity index (χ1v) is 10.7. The van der Waals surface area contributed by atoms with Gasteiger partial charge in [0, 0.05) is 16.5 Å². The highest BCUT2D eigenvalue weighted by atomic mass is 35.5. The summed E-state index contributed by atoms with van der Waals surface area (Å²) in [6.07, 6.45) is 1.48. The summed E-state index contributed by atoms with van der Waals surface area (Å²) < 4.78 is 5.39. The van der Waals surface area contributed by atoms with Crippen molar-refractivity contribution in [3.05, 3.63) is 63.4 Å². The first-order chi connectivity index (χ1) is 14.5. The average Bonchev–Trinajstić information content (AvgIpc) is 3.19. The summed E-state index contributed by atoms with van der Waals surface area (Å²) in [5.41, 5.74) is 1.32. The van der Waals surface area contributed by atoms with Crippen LogP contribution in [0, 0.1) is 5.92 Å². The fourth-order valence-electron chi connectivity index (χ4n) is 3.44. The van der Waals surface area contributed by atoms with Crippen LogP contribution in [0.25, 0.3) is 11.4 Å². The molecule has 6 nitrogen and oxygen atoms in total. The predicted molar refractivity (Wildman–Crippen MR) is 118 cm³/mol. The van der Waals surface area contributed by atoms with E-state index in [1.807, 2.05) is 18.2 Å². The summed E-state index contributed by atoms with van der Waals surface area (Å²) in [6, 6.07) is 12.4. The van der Waals surface area contributed by atoms with Crippen molar-refractivity contribution >= 4 is 46.4 Å². The molecule has 0 radical (unpaired) electrons. The molecule has 0 aliphatic carbocycles. The van der Waals surface area contributed by atoms with Gasteiger partial charge < -0.3 is 9.84 Å². The lowest BCUT2D eigenvalue weighted by atomic mass is 9.96. The minimum atomic E-state index is -0.0747. The van der Waals surface area contributed by atoms with Crippen molar-refractivity contribution in [3.63, 3.8) is 0 Å². The molecule has 1 N–H and O–H groups in total. The smallest absolute Gasteiger partial charge is 0.241 e. The Morgan fingerprint density at radius 2 is 1.87 bits per heavy atom. The number of carbonyl (C=O) groups is 1. The zero-order valence-corrected chi connectivity index (χ0v) is 18.2. The predicted octanol–water partition coefficient (Wildman–Crippen LogP) is 5.55. The van der Waals surface area contributed by atoms with Gasteiger partial charge in [0.1, 0.15) is 0 Å². The van der Waals surface area contributed by atoms with Crippen LogP contribution in [0.15, 0.2) is 47.0 Å². The Morgan fingerprint density at radius 1 is 1.10 bits per heavy atom. The highest BCUT2D eigenvalue weighted by Crippen LogP contribution is 2.28. The first kappa shape index (κ1) is 21.1. The number of hydrogen-bond acceptors (Lipinski definition) is 5. The second kappa shape index (κ2) is 9.35. The number of halogens is 3. The fraction of sp³-hybridized carbons (Fsp3) is 0.286. The van der Waals surface area contributed by atoms with Crippen LogP contribution in [0.5, 0.6) is 0 Å². The second-order valence-corrected chi connectivity index (χ2v) is 8.41. The lowest BCUT2D eigenvalue weighted by Gasteiger charge is -2.30. The summed E-state index contributed by atoms with van der Waals surface area (Å²) in [4.78, 5) is 19.2. The number of piperidine rings is 1. The lowest BCUT2D eigenvalue weighted by Crippen LogP contribution is -2.37. The third-order valence-electron chi connectivity index (χ3n) is 5.09. The maximum Gasteiger partial charge on any atom is 0.241 e. The Hall–Kier alpha value is -2.12. The zero-order valence-electron chi connectivity index (χ0n) is 15.9. The van der Waals surface area contributed by atoms with Crippen LogP contribution in [0.3, 0.4) is 0 Å². The van der Waals surface area contributed by atoms with E-state index in [0.717, 1.165) is 31.5 Å². The van der Waals surface area contributed by atoms with Crippen LogP contribution in [0.4, 0.5) is 5.69 Å².